The second kappa shape index (κ2) is 4.98. The highest BCUT2D eigenvalue weighted by Crippen LogP contribution is 2.33. The number of rotatable bonds is 3. The SMILES string of the molecule is Cc1ccc2nc(N3CCC(C(=O)NC4CC4)C3)sc2c1. The van der Waals surface area contributed by atoms with E-state index in [1.54, 1.807) is 11.3 Å². The highest BCUT2D eigenvalue weighted by atomic mass is 32.1. The van der Waals surface area contributed by atoms with E-state index in [0.29, 0.717) is 6.04 Å². The molecule has 2 aliphatic rings. The number of benzene rings is 1. The number of amides is 1. The van der Waals surface area contributed by atoms with Gasteiger partial charge in [-0.1, -0.05) is 17.4 Å². The number of carbonyl (C=O) groups excluding carboxylic acids is 1. The van der Waals surface area contributed by atoms with E-state index in [0.717, 1.165) is 43.0 Å². The fourth-order valence-electron chi connectivity index (χ4n) is 2.85. The maximum Gasteiger partial charge on any atom is 0.225 e. The summed E-state index contributed by atoms with van der Waals surface area (Å²) in [7, 11) is 0. The molecule has 21 heavy (non-hydrogen) atoms. The van der Waals surface area contributed by atoms with Crippen LogP contribution in [0, 0.1) is 12.8 Å². The Morgan fingerprint density at radius 2 is 2.24 bits per heavy atom. The van der Waals surface area contributed by atoms with Gasteiger partial charge in [0.25, 0.3) is 0 Å². The molecule has 1 N–H and O–H groups in total. The zero-order valence-electron chi connectivity index (χ0n) is 12.1. The maximum atomic E-state index is 12.1. The fraction of sp³-hybridized carbons (Fsp3) is 0.500. The zero-order valence-corrected chi connectivity index (χ0v) is 12.9. The molecule has 4 rings (SSSR count). The number of fused-ring (bicyclic) bond motifs is 1. The van der Waals surface area contributed by atoms with Crippen molar-refractivity contribution in [3.63, 3.8) is 0 Å². The molecular formula is C16H19N3OS. The van der Waals surface area contributed by atoms with Crippen LogP contribution in [0.3, 0.4) is 0 Å². The van der Waals surface area contributed by atoms with Crippen molar-refractivity contribution in [1.29, 1.82) is 0 Å². The molecule has 2 heterocycles. The molecule has 1 aliphatic carbocycles. The van der Waals surface area contributed by atoms with E-state index in [4.69, 9.17) is 4.98 Å². The molecule has 4 nitrogen and oxygen atoms in total. The molecule has 1 aromatic carbocycles. The second-order valence-electron chi connectivity index (χ2n) is 6.18. The van der Waals surface area contributed by atoms with Gasteiger partial charge in [-0.25, -0.2) is 4.98 Å². The Balaban J connectivity index is 1.49. The van der Waals surface area contributed by atoms with E-state index >= 15 is 0 Å². The van der Waals surface area contributed by atoms with Gasteiger partial charge in [0.15, 0.2) is 5.13 Å². The summed E-state index contributed by atoms with van der Waals surface area (Å²) in [6.07, 6.45) is 3.24. The van der Waals surface area contributed by atoms with E-state index in [1.165, 1.54) is 10.3 Å². The van der Waals surface area contributed by atoms with Gasteiger partial charge in [0.2, 0.25) is 5.91 Å². The number of aromatic nitrogens is 1. The predicted molar refractivity (Wildman–Crippen MR) is 85.8 cm³/mol. The summed E-state index contributed by atoms with van der Waals surface area (Å²) in [6, 6.07) is 6.82. The first-order chi connectivity index (χ1) is 10.2. The highest BCUT2D eigenvalue weighted by molar-refractivity contribution is 7.22. The van der Waals surface area contributed by atoms with Crippen LogP contribution >= 0.6 is 11.3 Å². The van der Waals surface area contributed by atoms with Crippen LogP contribution in [0.25, 0.3) is 10.2 Å². The number of anilines is 1. The average molecular weight is 301 g/mol. The Kier molecular flexibility index (Phi) is 3.10. The smallest absolute Gasteiger partial charge is 0.225 e. The fourth-order valence-corrected chi connectivity index (χ4v) is 3.95. The van der Waals surface area contributed by atoms with Crippen molar-refractivity contribution in [2.45, 2.75) is 32.2 Å². The molecule has 1 unspecified atom stereocenters. The lowest BCUT2D eigenvalue weighted by atomic mass is 10.1. The molecule has 2 aromatic rings. The molecule has 5 heteroatoms. The number of hydrogen-bond acceptors (Lipinski definition) is 4. The zero-order chi connectivity index (χ0) is 14.4. The monoisotopic (exact) mass is 301 g/mol. The van der Waals surface area contributed by atoms with E-state index in [1.807, 2.05) is 0 Å². The van der Waals surface area contributed by atoms with Crippen LogP contribution in [0.15, 0.2) is 18.2 Å². The maximum absolute atomic E-state index is 12.1. The van der Waals surface area contributed by atoms with Gasteiger partial charge in [-0.3, -0.25) is 4.79 Å². The molecule has 1 aliphatic heterocycles. The van der Waals surface area contributed by atoms with Gasteiger partial charge in [0.1, 0.15) is 0 Å². The van der Waals surface area contributed by atoms with Crippen LogP contribution in [-0.2, 0) is 4.79 Å². The molecule has 1 atom stereocenters. The average Bonchev–Trinajstić information content (AvgIpc) is 3.01. The second-order valence-corrected chi connectivity index (χ2v) is 7.19. The van der Waals surface area contributed by atoms with E-state index in [-0.39, 0.29) is 11.8 Å². The number of nitrogens with zero attached hydrogens (tertiary/aromatic N) is 2. The Hall–Kier alpha value is -1.62. The third kappa shape index (κ3) is 2.62. The molecule has 0 radical (unpaired) electrons. The highest BCUT2D eigenvalue weighted by Gasteiger charge is 2.33. The van der Waals surface area contributed by atoms with Crippen LogP contribution in [-0.4, -0.2) is 30.0 Å². The standard InChI is InChI=1S/C16H19N3OS/c1-10-2-5-13-14(8-10)21-16(18-13)19-7-6-11(9-19)15(20)17-12-3-4-12/h2,5,8,11-12H,3-4,6-7,9H2,1H3,(H,17,20). The third-order valence-electron chi connectivity index (χ3n) is 4.29. The number of nitrogens with one attached hydrogen (secondary N) is 1. The first-order valence-corrected chi connectivity index (χ1v) is 8.43. The van der Waals surface area contributed by atoms with Crippen molar-refractivity contribution in [2.75, 3.05) is 18.0 Å². The molecule has 2 fully saturated rings. The molecule has 0 spiro atoms. The molecule has 0 bridgehead atoms. The van der Waals surface area contributed by atoms with E-state index in [9.17, 15) is 4.79 Å². The van der Waals surface area contributed by atoms with Gasteiger partial charge in [-0.15, -0.1) is 0 Å². The van der Waals surface area contributed by atoms with E-state index in [2.05, 4.69) is 35.3 Å². The Bertz CT molecular complexity index is 692. The molecular weight excluding hydrogens is 282 g/mol. The van der Waals surface area contributed by atoms with E-state index < -0.39 is 0 Å². The number of carbonyl (C=O) groups is 1. The Morgan fingerprint density at radius 3 is 3.05 bits per heavy atom. The van der Waals surface area contributed by atoms with Gasteiger partial charge >= 0.3 is 0 Å². The van der Waals surface area contributed by atoms with Crippen LogP contribution in [0.5, 0.6) is 0 Å². The topological polar surface area (TPSA) is 45.2 Å². The minimum atomic E-state index is 0.124. The van der Waals surface area contributed by atoms with Gasteiger partial charge in [0.05, 0.1) is 16.1 Å². The van der Waals surface area contributed by atoms with Gasteiger partial charge in [-0.05, 0) is 43.9 Å². The summed E-state index contributed by atoms with van der Waals surface area (Å²) < 4.78 is 1.23. The largest absolute Gasteiger partial charge is 0.353 e. The first-order valence-electron chi connectivity index (χ1n) is 7.61. The van der Waals surface area contributed by atoms with Crippen molar-refractivity contribution in [3.05, 3.63) is 23.8 Å². The van der Waals surface area contributed by atoms with Crippen LogP contribution in [0.4, 0.5) is 5.13 Å². The van der Waals surface area contributed by atoms with Crippen molar-refractivity contribution in [1.82, 2.24) is 10.3 Å². The summed E-state index contributed by atoms with van der Waals surface area (Å²) in [4.78, 5) is 19.1. The number of hydrogen-bond donors (Lipinski definition) is 1. The first kappa shape index (κ1) is 13.1. The van der Waals surface area contributed by atoms with Crippen LogP contribution in [0.2, 0.25) is 0 Å². The van der Waals surface area contributed by atoms with Gasteiger partial charge in [-0.2, -0.15) is 0 Å². The van der Waals surface area contributed by atoms with Crippen molar-refractivity contribution in [2.24, 2.45) is 5.92 Å². The van der Waals surface area contributed by atoms with Gasteiger partial charge in [0, 0.05) is 19.1 Å². The lowest BCUT2D eigenvalue weighted by molar-refractivity contribution is -0.124. The van der Waals surface area contributed by atoms with Crippen LogP contribution < -0.4 is 10.2 Å². The Labute approximate surface area is 128 Å². The van der Waals surface area contributed by atoms with Crippen molar-refractivity contribution >= 4 is 32.6 Å². The summed E-state index contributed by atoms with van der Waals surface area (Å²) >= 11 is 1.73. The third-order valence-corrected chi connectivity index (χ3v) is 5.36. The molecule has 1 saturated carbocycles. The van der Waals surface area contributed by atoms with Crippen LogP contribution in [0.1, 0.15) is 24.8 Å². The number of aryl methyl sites for hydroxylation is 1. The summed E-state index contributed by atoms with van der Waals surface area (Å²) in [5.74, 6) is 0.358. The van der Waals surface area contributed by atoms with Crippen molar-refractivity contribution in [3.8, 4) is 0 Å². The lowest BCUT2D eigenvalue weighted by Crippen LogP contribution is -2.34. The molecule has 1 saturated heterocycles. The number of thiazole rings is 1. The quantitative estimate of drug-likeness (QED) is 0.948. The summed E-state index contributed by atoms with van der Waals surface area (Å²) in [6.45, 7) is 3.84. The minimum Gasteiger partial charge on any atom is -0.353 e. The molecule has 110 valence electrons. The van der Waals surface area contributed by atoms with Gasteiger partial charge < -0.3 is 10.2 Å². The minimum absolute atomic E-state index is 0.124. The summed E-state index contributed by atoms with van der Waals surface area (Å²) in [5, 5.41) is 4.17. The molecule has 1 amide bonds. The lowest BCUT2D eigenvalue weighted by Gasteiger charge is -2.14. The predicted octanol–water partition coefficient (Wildman–Crippen LogP) is 2.71. The Morgan fingerprint density at radius 1 is 1.38 bits per heavy atom. The normalized spacial score (nSPS) is 22.0. The van der Waals surface area contributed by atoms with Crippen molar-refractivity contribution < 1.29 is 4.79 Å². The molecule has 1 aromatic heterocycles. The summed E-state index contributed by atoms with van der Waals surface area (Å²) in [5.41, 5.74) is 2.33.